The van der Waals surface area contributed by atoms with E-state index in [-0.39, 0.29) is 5.57 Å². The molecule has 1 fully saturated rings. The topological polar surface area (TPSA) is 84.9 Å². The standard InChI is InChI=1S/C24H24N2O5/c1-5-11-31-20-10-8-17(14-21(20)30-6-2)13-19-22(27)25-24(29)26(23(19)28)18-9-7-15(3)16(4)12-18/h5,7-10,12-14H,1,6,11H2,2-4H3,(H,25,27,29)/b19-13-. The van der Waals surface area contributed by atoms with Crippen LogP contribution < -0.4 is 19.7 Å². The van der Waals surface area contributed by atoms with Crippen molar-refractivity contribution in [2.75, 3.05) is 18.1 Å². The molecule has 0 spiro atoms. The molecular weight excluding hydrogens is 396 g/mol. The summed E-state index contributed by atoms with van der Waals surface area (Å²) in [5, 5.41) is 2.23. The Morgan fingerprint density at radius 2 is 1.77 bits per heavy atom. The van der Waals surface area contributed by atoms with E-state index >= 15 is 0 Å². The van der Waals surface area contributed by atoms with Crippen LogP contribution in [0.15, 0.2) is 54.6 Å². The van der Waals surface area contributed by atoms with E-state index in [1.807, 2.05) is 26.8 Å². The highest BCUT2D eigenvalue weighted by molar-refractivity contribution is 6.39. The highest BCUT2D eigenvalue weighted by Gasteiger charge is 2.36. The molecule has 7 nitrogen and oxygen atoms in total. The first-order chi connectivity index (χ1) is 14.8. The van der Waals surface area contributed by atoms with Crippen LogP contribution in [0.5, 0.6) is 11.5 Å². The lowest BCUT2D eigenvalue weighted by atomic mass is 10.0. The molecule has 1 aliphatic rings. The normalized spacial score (nSPS) is 15.1. The molecule has 2 aromatic carbocycles. The largest absolute Gasteiger partial charge is 0.490 e. The van der Waals surface area contributed by atoms with Gasteiger partial charge >= 0.3 is 6.03 Å². The molecule has 3 rings (SSSR count). The number of carbonyl (C=O) groups excluding carboxylic acids is 3. The zero-order chi connectivity index (χ0) is 22.5. The number of aryl methyl sites for hydroxylation is 2. The van der Waals surface area contributed by atoms with Crippen molar-refractivity contribution in [3.8, 4) is 11.5 Å². The van der Waals surface area contributed by atoms with Crippen molar-refractivity contribution in [1.82, 2.24) is 5.32 Å². The molecule has 7 heteroatoms. The number of amides is 4. The molecule has 1 aliphatic heterocycles. The molecule has 0 unspecified atom stereocenters. The van der Waals surface area contributed by atoms with E-state index in [9.17, 15) is 14.4 Å². The van der Waals surface area contributed by atoms with E-state index in [0.717, 1.165) is 16.0 Å². The summed E-state index contributed by atoms with van der Waals surface area (Å²) in [6, 6.07) is 9.52. The summed E-state index contributed by atoms with van der Waals surface area (Å²) in [5.74, 6) is -0.443. The third-order valence-electron chi connectivity index (χ3n) is 4.79. The number of rotatable bonds is 7. The Morgan fingerprint density at radius 1 is 1.00 bits per heavy atom. The van der Waals surface area contributed by atoms with E-state index in [4.69, 9.17) is 9.47 Å². The monoisotopic (exact) mass is 420 g/mol. The van der Waals surface area contributed by atoms with Crippen molar-refractivity contribution < 1.29 is 23.9 Å². The van der Waals surface area contributed by atoms with Gasteiger partial charge in [-0.1, -0.05) is 24.8 Å². The first-order valence-corrected chi connectivity index (χ1v) is 9.85. The van der Waals surface area contributed by atoms with Gasteiger partial charge in [-0.25, -0.2) is 9.69 Å². The van der Waals surface area contributed by atoms with Crippen LogP contribution in [0.4, 0.5) is 10.5 Å². The number of carbonyl (C=O) groups is 3. The number of hydrogen-bond donors (Lipinski definition) is 1. The summed E-state index contributed by atoms with van der Waals surface area (Å²) >= 11 is 0. The Labute approximate surface area is 181 Å². The minimum atomic E-state index is -0.779. The van der Waals surface area contributed by atoms with Gasteiger partial charge in [0.25, 0.3) is 11.8 Å². The van der Waals surface area contributed by atoms with Gasteiger partial charge in [0.2, 0.25) is 0 Å². The Morgan fingerprint density at radius 3 is 2.45 bits per heavy atom. The third-order valence-corrected chi connectivity index (χ3v) is 4.79. The number of anilines is 1. The van der Waals surface area contributed by atoms with Crippen molar-refractivity contribution in [3.63, 3.8) is 0 Å². The van der Waals surface area contributed by atoms with Crippen LogP contribution in [0.2, 0.25) is 0 Å². The van der Waals surface area contributed by atoms with Crippen molar-refractivity contribution in [3.05, 3.63) is 71.3 Å². The van der Waals surface area contributed by atoms with Crippen molar-refractivity contribution >= 4 is 29.6 Å². The number of benzene rings is 2. The van der Waals surface area contributed by atoms with Crippen LogP contribution in [0.25, 0.3) is 6.08 Å². The maximum atomic E-state index is 13.1. The predicted octanol–water partition coefficient (Wildman–Crippen LogP) is 3.93. The second-order valence-corrected chi connectivity index (χ2v) is 6.97. The van der Waals surface area contributed by atoms with Crippen LogP contribution in [0, 0.1) is 13.8 Å². The fourth-order valence-electron chi connectivity index (χ4n) is 3.07. The van der Waals surface area contributed by atoms with E-state index in [2.05, 4.69) is 11.9 Å². The molecular formula is C24H24N2O5. The molecule has 4 amide bonds. The maximum absolute atomic E-state index is 13.1. The van der Waals surface area contributed by atoms with Gasteiger partial charge in [0.05, 0.1) is 12.3 Å². The molecule has 0 aromatic heterocycles. The number of urea groups is 1. The molecule has 1 N–H and O–H groups in total. The fraction of sp³-hybridized carbons (Fsp3) is 0.208. The van der Waals surface area contributed by atoms with Crippen LogP contribution in [-0.2, 0) is 9.59 Å². The number of nitrogens with zero attached hydrogens (tertiary/aromatic N) is 1. The van der Waals surface area contributed by atoms with Gasteiger partial charge in [-0.3, -0.25) is 14.9 Å². The SMILES string of the molecule is C=CCOc1ccc(/C=C2/C(=O)NC(=O)N(c3ccc(C)c(C)c3)C2=O)cc1OCC. The number of imide groups is 2. The van der Waals surface area contributed by atoms with Gasteiger partial charge in [0.15, 0.2) is 11.5 Å². The number of ether oxygens (including phenoxy) is 2. The first kappa shape index (κ1) is 21.8. The smallest absolute Gasteiger partial charge is 0.335 e. The van der Waals surface area contributed by atoms with Gasteiger partial charge < -0.3 is 9.47 Å². The lowest BCUT2D eigenvalue weighted by molar-refractivity contribution is -0.122. The Kier molecular flexibility index (Phi) is 6.55. The molecule has 0 atom stereocenters. The average molecular weight is 420 g/mol. The molecule has 0 aliphatic carbocycles. The summed E-state index contributed by atoms with van der Waals surface area (Å²) in [7, 11) is 0. The molecule has 2 aromatic rings. The zero-order valence-corrected chi connectivity index (χ0v) is 17.7. The summed E-state index contributed by atoms with van der Waals surface area (Å²) in [4.78, 5) is 38.9. The first-order valence-electron chi connectivity index (χ1n) is 9.85. The van der Waals surface area contributed by atoms with Crippen molar-refractivity contribution in [2.24, 2.45) is 0 Å². The maximum Gasteiger partial charge on any atom is 0.335 e. The Balaban J connectivity index is 1.98. The van der Waals surface area contributed by atoms with E-state index in [1.54, 1.807) is 36.4 Å². The minimum Gasteiger partial charge on any atom is -0.490 e. The van der Waals surface area contributed by atoms with Crippen LogP contribution in [-0.4, -0.2) is 31.1 Å². The molecule has 160 valence electrons. The summed E-state index contributed by atoms with van der Waals surface area (Å²) < 4.78 is 11.2. The van der Waals surface area contributed by atoms with Crippen LogP contribution >= 0.6 is 0 Å². The molecule has 0 radical (unpaired) electrons. The zero-order valence-electron chi connectivity index (χ0n) is 17.7. The predicted molar refractivity (Wildman–Crippen MR) is 118 cm³/mol. The number of hydrogen-bond acceptors (Lipinski definition) is 5. The molecule has 1 saturated heterocycles. The van der Waals surface area contributed by atoms with Gasteiger partial charge in [0, 0.05) is 0 Å². The summed E-state index contributed by atoms with van der Waals surface area (Å²) in [5.41, 5.74) is 2.76. The minimum absolute atomic E-state index is 0.153. The molecule has 1 heterocycles. The van der Waals surface area contributed by atoms with Crippen molar-refractivity contribution in [1.29, 1.82) is 0 Å². The van der Waals surface area contributed by atoms with E-state index in [0.29, 0.717) is 36.0 Å². The van der Waals surface area contributed by atoms with Gasteiger partial charge in [0.1, 0.15) is 12.2 Å². The van der Waals surface area contributed by atoms with Gasteiger partial charge in [-0.2, -0.15) is 0 Å². The lowest BCUT2D eigenvalue weighted by Crippen LogP contribution is -2.54. The average Bonchev–Trinajstić information content (AvgIpc) is 2.73. The number of nitrogens with one attached hydrogen (secondary N) is 1. The summed E-state index contributed by atoms with van der Waals surface area (Å²) in [6.45, 7) is 10.0. The lowest BCUT2D eigenvalue weighted by Gasteiger charge is -2.27. The molecule has 0 bridgehead atoms. The third kappa shape index (κ3) is 4.66. The molecule has 31 heavy (non-hydrogen) atoms. The second-order valence-electron chi connectivity index (χ2n) is 6.97. The van der Waals surface area contributed by atoms with Crippen molar-refractivity contribution in [2.45, 2.75) is 20.8 Å². The van der Waals surface area contributed by atoms with Crippen LogP contribution in [0.1, 0.15) is 23.6 Å². The Hall–Kier alpha value is -3.87. The van der Waals surface area contributed by atoms with E-state index < -0.39 is 17.8 Å². The van der Waals surface area contributed by atoms with Gasteiger partial charge in [-0.15, -0.1) is 0 Å². The van der Waals surface area contributed by atoms with Gasteiger partial charge in [-0.05, 0) is 67.8 Å². The fourth-order valence-corrected chi connectivity index (χ4v) is 3.07. The highest BCUT2D eigenvalue weighted by atomic mass is 16.5. The quantitative estimate of drug-likeness (QED) is 0.417. The second kappa shape index (κ2) is 9.30. The molecule has 0 saturated carbocycles. The van der Waals surface area contributed by atoms with Crippen LogP contribution in [0.3, 0.4) is 0 Å². The summed E-state index contributed by atoms with van der Waals surface area (Å²) in [6.07, 6.45) is 3.05. The number of barbiturate groups is 1. The van der Waals surface area contributed by atoms with E-state index in [1.165, 1.54) is 6.08 Å². The Bertz CT molecular complexity index is 1090. The highest BCUT2D eigenvalue weighted by Crippen LogP contribution is 2.30.